The molecule has 0 fully saturated rings. The number of halogens is 2. The lowest BCUT2D eigenvalue weighted by Gasteiger charge is -2.20. The summed E-state index contributed by atoms with van der Waals surface area (Å²) in [6, 6.07) is 13.1. The van der Waals surface area contributed by atoms with Gasteiger partial charge in [0, 0.05) is 44.0 Å². The van der Waals surface area contributed by atoms with Crippen molar-refractivity contribution in [1.29, 1.82) is 0 Å². The number of hydrogen-bond donors (Lipinski definition) is 0. The molecule has 1 atom stereocenters. The number of methoxy groups -OCH3 is 1. The van der Waals surface area contributed by atoms with Crippen molar-refractivity contribution in [2.24, 2.45) is 0 Å². The number of fused-ring (bicyclic) bond motifs is 1. The van der Waals surface area contributed by atoms with Gasteiger partial charge in [0.2, 0.25) is 0 Å². The summed E-state index contributed by atoms with van der Waals surface area (Å²) in [5.74, 6) is 0.350. The van der Waals surface area contributed by atoms with Crippen molar-refractivity contribution in [3.63, 3.8) is 0 Å². The van der Waals surface area contributed by atoms with E-state index in [0.717, 1.165) is 5.56 Å². The quantitative estimate of drug-likeness (QED) is 0.311. The molecule has 0 aliphatic carbocycles. The van der Waals surface area contributed by atoms with Crippen LogP contribution < -0.4 is 0 Å². The number of rotatable bonds is 8. The molecule has 0 radical (unpaired) electrons. The van der Waals surface area contributed by atoms with Gasteiger partial charge in [-0.25, -0.2) is 14.5 Å². The third kappa shape index (κ3) is 4.79. The minimum absolute atomic E-state index is 0.0450. The number of carbonyl (C=O) groups excluding carboxylic acids is 1. The van der Waals surface area contributed by atoms with Crippen LogP contribution in [-0.4, -0.2) is 47.5 Å². The van der Waals surface area contributed by atoms with Crippen molar-refractivity contribution in [1.82, 2.24) is 34.6 Å². The van der Waals surface area contributed by atoms with Crippen LogP contribution in [0.5, 0.6) is 0 Å². The highest BCUT2D eigenvalue weighted by atomic mass is 35.5. The van der Waals surface area contributed by atoms with Crippen LogP contribution in [0, 0.1) is 0 Å². The first-order chi connectivity index (χ1) is 17.0. The molecule has 5 rings (SSSR count). The molecular formula is C24H19Cl2N7O2. The van der Waals surface area contributed by atoms with Crippen molar-refractivity contribution in [3.05, 3.63) is 99.8 Å². The first kappa shape index (κ1) is 23.1. The molecule has 176 valence electrons. The minimum Gasteiger partial charge on any atom is -0.370 e. The highest BCUT2D eigenvalue weighted by Crippen LogP contribution is 2.29. The molecule has 0 bridgehead atoms. The maximum absolute atomic E-state index is 13.1. The number of hydrogen-bond acceptors (Lipinski definition) is 7. The molecule has 0 aliphatic heterocycles. The van der Waals surface area contributed by atoms with Gasteiger partial charge in [-0.3, -0.25) is 4.79 Å². The molecule has 0 N–H and O–H groups in total. The zero-order valence-corrected chi connectivity index (χ0v) is 20.1. The van der Waals surface area contributed by atoms with Crippen LogP contribution in [0.3, 0.4) is 0 Å². The number of carbonyl (C=O) groups is 1. The predicted molar refractivity (Wildman–Crippen MR) is 130 cm³/mol. The highest BCUT2D eigenvalue weighted by Gasteiger charge is 2.24. The van der Waals surface area contributed by atoms with E-state index in [0.29, 0.717) is 38.5 Å². The fourth-order valence-electron chi connectivity index (χ4n) is 3.95. The van der Waals surface area contributed by atoms with E-state index >= 15 is 0 Å². The van der Waals surface area contributed by atoms with Gasteiger partial charge >= 0.3 is 0 Å². The van der Waals surface area contributed by atoms with Gasteiger partial charge in [-0.2, -0.15) is 15.3 Å². The average Bonchev–Trinajstić information content (AvgIpc) is 3.51. The molecule has 1 aromatic carbocycles. The standard InChI is InChI=1S/C24H19Cl2N7O2/c1-35-23(16-5-3-2-4-6-16)22-17(14-27-21-12-20(26)31-32(21)22)11-18(34)9-15-10-19(25)24(28-13-15)33-29-7-8-30-33/h2-8,10,12-14,23H,9,11H2,1H3. The lowest BCUT2D eigenvalue weighted by atomic mass is 9.98. The van der Waals surface area contributed by atoms with Crippen molar-refractivity contribution < 1.29 is 9.53 Å². The second kappa shape index (κ2) is 9.91. The number of Topliss-reactive ketones (excluding diaryl/α,β-unsaturated/α-hetero) is 1. The van der Waals surface area contributed by atoms with Crippen LogP contribution >= 0.6 is 23.2 Å². The maximum atomic E-state index is 13.1. The Bertz CT molecular complexity index is 1490. The summed E-state index contributed by atoms with van der Waals surface area (Å²) in [6.45, 7) is 0. The molecule has 5 aromatic rings. The zero-order chi connectivity index (χ0) is 24.4. The Morgan fingerprint density at radius 1 is 1.03 bits per heavy atom. The lowest BCUT2D eigenvalue weighted by Crippen LogP contribution is -2.17. The van der Waals surface area contributed by atoms with Crippen LogP contribution in [0.25, 0.3) is 11.5 Å². The van der Waals surface area contributed by atoms with Crippen LogP contribution in [0.1, 0.15) is 28.5 Å². The second-order valence-electron chi connectivity index (χ2n) is 7.79. The van der Waals surface area contributed by atoms with Crippen LogP contribution in [0.15, 0.2) is 67.3 Å². The van der Waals surface area contributed by atoms with Gasteiger partial charge < -0.3 is 4.74 Å². The van der Waals surface area contributed by atoms with Crippen molar-refractivity contribution >= 4 is 34.6 Å². The first-order valence-electron chi connectivity index (χ1n) is 10.7. The molecule has 35 heavy (non-hydrogen) atoms. The molecule has 0 spiro atoms. The summed E-state index contributed by atoms with van der Waals surface area (Å²) >= 11 is 12.5. The predicted octanol–water partition coefficient (Wildman–Crippen LogP) is 4.10. The van der Waals surface area contributed by atoms with Gasteiger partial charge in [-0.15, -0.1) is 4.80 Å². The molecule has 1 unspecified atom stereocenters. The number of pyridine rings is 1. The fourth-order valence-corrected chi connectivity index (χ4v) is 4.39. The van der Waals surface area contributed by atoms with Gasteiger partial charge in [0.25, 0.3) is 0 Å². The fraction of sp³-hybridized carbons (Fsp3) is 0.167. The topological polar surface area (TPSA) is 100 Å². The Kier molecular flexibility index (Phi) is 6.54. The molecule has 11 heteroatoms. The third-order valence-corrected chi connectivity index (χ3v) is 5.90. The maximum Gasteiger partial charge on any atom is 0.193 e. The monoisotopic (exact) mass is 507 g/mol. The van der Waals surface area contributed by atoms with E-state index in [1.165, 1.54) is 17.2 Å². The molecule has 4 heterocycles. The molecule has 0 aliphatic rings. The minimum atomic E-state index is -0.475. The molecule has 0 amide bonds. The first-order valence-corrected chi connectivity index (χ1v) is 11.4. The van der Waals surface area contributed by atoms with E-state index in [2.05, 4.69) is 25.3 Å². The Morgan fingerprint density at radius 2 is 1.80 bits per heavy atom. The Morgan fingerprint density at radius 3 is 2.51 bits per heavy atom. The van der Waals surface area contributed by atoms with Gasteiger partial charge in [-0.1, -0.05) is 53.5 Å². The van der Waals surface area contributed by atoms with Crippen LogP contribution in [0.2, 0.25) is 10.2 Å². The van der Waals surface area contributed by atoms with E-state index in [-0.39, 0.29) is 18.6 Å². The summed E-state index contributed by atoms with van der Waals surface area (Å²) in [6.07, 6.45) is 6.12. The van der Waals surface area contributed by atoms with E-state index < -0.39 is 6.10 Å². The summed E-state index contributed by atoms with van der Waals surface area (Å²) in [4.78, 5) is 23.2. The van der Waals surface area contributed by atoms with Crippen molar-refractivity contribution in [2.45, 2.75) is 18.9 Å². The number of aromatic nitrogens is 7. The summed E-state index contributed by atoms with van der Waals surface area (Å²) in [7, 11) is 1.62. The van der Waals surface area contributed by atoms with E-state index in [1.54, 1.807) is 36.2 Å². The summed E-state index contributed by atoms with van der Waals surface area (Å²) < 4.78 is 7.50. The number of nitrogens with zero attached hydrogens (tertiary/aromatic N) is 7. The van der Waals surface area contributed by atoms with Crippen molar-refractivity contribution in [3.8, 4) is 5.82 Å². The Hall–Kier alpha value is -3.66. The average molecular weight is 508 g/mol. The van der Waals surface area contributed by atoms with Crippen LogP contribution in [-0.2, 0) is 22.4 Å². The smallest absolute Gasteiger partial charge is 0.193 e. The van der Waals surface area contributed by atoms with Gasteiger partial charge in [0.1, 0.15) is 11.9 Å². The lowest BCUT2D eigenvalue weighted by molar-refractivity contribution is -0.117. The number of ether oxygens (including phenoxy) is 1. The van der Waals surface area contributed by atoms with Gasteiger partial charge in [0.15, 0.2) is 16.6 Å². The SMILES string of the molecule is COC(c1ccccc1)c1c(CC(=O)Cc2cnc(-n3nccn3)c(Cl)c2)cnc2cc(Cl)nn12. The van der Waals surface area contributed by atoms with Crippen molar-refractivity contribution in [2.75, 3.05) is 7.11 Å². The van der Waals surface area contributed by atoms with E-state index in [1.807, 2.05) is 30.3 Å². The van der Waals surface area contributed by atoms with Gasteiger partial charge in [-0.05, 0) is 17.2 Å². The van der Waals surface area contributed by atoms with E-state index in [4.69, 9.17) is 27.9 Å². The zero-order valence-electron chi connectivity index (χ0n) is 18.5. The largest absolute Gasteiger partial charge is 0.370 e. The molecule has 0 saturated carbocycles. The number of ketones is 1. The number of benzene rings is 1. The second-order valence-corrected chi connectivity index (χ2v) is 8.59. The highest BCUT2D eigenvalue weighted by molar-refractivity contribution is 6.32. The third-order valence-electron chi connectivity index (χ3n) is 5.43. The molecular weight excluding hydrogens is 489 g/mol. The molecule has 0 saturated heterocycles. The summed E-state index contributed by atoms with van der Waals surface area (Å²) in [5.41, 5.74) is 3.55. The van der Waals surface area contributed by atoms with Gasteiger partial charge in [0.05, 0.1) is 23.1 Å². The molecule has 4 aromatic heterocycles. The van der Waals surface area contributed by atoms with Crippen LogP contribution in [0.4, 0.5) is 0 Å². The summed E-state index contributed by atoms with van der Waals surface area (Å²) in [5, 5.41) is 13.1. The Labute approximate surface area is 210 Å². The normalized spacial score (nSPS) is 12.2. The van der Waals surface area contributed by atoms with E-state index in [9.17, 15) is 4.79 Å². The molecule has 9 nitrogen and oxygen atoms in total. The Balaban J connectivity index is 1.45.